The van der Waals surface area contributed by atoms with Crippen molar-refractivity contribution in [3.63, 3.8) is 0 Å². The third-order valence-electron chi connectivity index (χ3n) is 3.39. The zero-order chi connectivity index (χ0) is 15.0. The summed E-state index contributed by atoms with van der Waals surface area (Å²) < 4.78 is 18.5. The Morgan fingerprint density at radius 1 is 1.00 bits per heavy atom. The first-order valence-electron chi connectivity index (χ1n) is 6.35. The average Bonchev–Trinajstić information content (AvgIpc) is 2.73. The minimum absolute atomic E-state index is 0.0563. The van der Waals surface area contributed by atoms with Gasteiger partial charge in [-0.25, -0.2) is 4.39 Å². The Bertz CT molecular complexity index is 753. The largest absolute Gasteiger partial charge is 0.494 e. The molecule has 0 fully saturated rings. The normalized spacial score (nSPS) is 13.3. The van der Waals surface area contributed by atoms with Crippen molar-refractivity contribution in [3.8, 4) is 5.75 Å². The quantitative estimate of drug-likeness (QED) is 0.627. The fourth-order valence-corrected chi connectivity index (χ4v) is 2.34. The lowest BCUT2D eigenvalue weighted by molar-refractivity contribution is 0.0990. The third-order valence-corrected chi connectivity index (χ3v) is 3.39. The van der Waals surface area contributed by atoms with Crippen molar-refractivity contribution in [1.29, 1.82) is 0 Å². The van der Waals surface area contributed by atoms with Gasteiger partial charge in [-0.2, -0.15) is 0 Å². The smallest absolute Gasteiger partial charge is 0.197 e. The summed E-state index contributed by atoms with van der Waals surface area (Å²) in [6.45, 7) is 0. The Kier molecular flexibility index (Phi) is 3.14. The number of fused-ring (bicyclic) bond motifs is 1. The van der Waals surface area contributed by atoms with Gasteiger partial charge in [-0.15, -0.1) is 0 Å². The zero-order valence-corrected chi connectivity index (χ0v) is 11.2. The molecule has 1 aliphatic carbocycles. The SMILES string of the molecule is COc1ccc(C=C2C(=O)c3ccccc3C2=O)cc1F. The number of hydrogen-bond donors (Lipinski definition) is 0. The number of carbonyl (C=O) groups is 2. The van der Waals surface area contributed by atoms with Crippen LogP contribution in [0.3, 0.4) is 0 Å². The van der Waals surface area contributed by atoms with Crippen LogP contribution in [0.4, 0.5) is 4.39 Å². The van der Waals surface area contributed by atoms with Gasteiger partial charge in [0.1, 0.15) is 0 Å². The zero-order valence-electron chi connectivity index (χ0n) is 11.2. The highest BCUT2D eigenvalue weighted by molar-refractivity contribution is 6.41. The van der Waals surface area contributed by atoms with Gasteiger partial charge in [0, 0.05) is 11.1 Å². The first kappa shape index (κ1) is 13.2. The van der Waals surface area contributed by atoms with Gasteiger partial charge in [0.2, 0.25) is 0 Å². The minimum Gasteiger partial charge on any atom is -0.494 e. The molecule has 0 aromatic heterocycles. The maximum atomic E-state index is 13.7. The average molecular weight is 282 g/mol. The van der Waals surface area contributed by atoms with Gasteiger partial charge in [0.05, 0.1) is 12.7 Å². The molecule has 0 aliphatic heterocycles. The number of rotatable bonds is 2. The van der Waals surface area contributed by atoms with E-state index in [0.29, 0.717) is 16.7 Å². The van der Waals surface area contributed by atoms with Crippen molar-refractivity contribution >= 4 is 17.6 Å². The Hall–Kier alpha value is -2.75. The predicted molar refractivity (Wildman–Crippen MR) is 76.0 cm³/mol. The molecule has 0 bridgehead atoms. The minimum atomic E-state index is -0.540. The Morgan fingerprint density at radius 3 is 2.14 bits per heavy atom. The van der Waals surface area contributed by atoms with Crippen LogP contribution in [0, 0.1) is 5.82 Å². The van der Waals surface area contributed by atoms with Crippen molar-refractivity contribution in [2.75, 3.05) is 7.11 Å². The van der Waals surface area contributed by atoms with Crippen LogP contribution in [-0.4, -0.2) is 18.7 Å². The molecule has 0 saturated heterocycles. The van der Waals surface area contributed by atoms with Crippen LogP contribution in [-0.2, 0) is 0 Å². The lowest BCUT2D eigenvalue weighted by Gasteiger charge is -2.02. The van der Waals surface area contributed by atoms with E-state index in [9.17, 15) is 14.0 Å². The van der Waals surface area contributed by atoms with Gasteiger partial charge in [0.15, 0.2) is 23.1 Å². The Morgan fingerprint density at radius 2 is 1.62 bits per heavy atom. The number of carbonyl (C=O) groups excluding carboxylic acids is 2. The van der Waals surface area contributed by atoms with E-state index in [1.165, 1.54) is 25.3 Å². The number of methoxy groups -OCH3 is 1. The van der Waals surface area contributed by atoms with Crippen LogP contribution in [0.5, 0.6) is 5.75 Å². The van der Waals surface area contributed by atoms with Gasteiger partial charge in [-0.1, -0.05) is 30.3 Å². The standard InChI is InChI=1S/C17H11FO3/c1-21-15-7-6-10(9-14(15)18)8-13-16(19)11-4-2-3-5-12(11)17(13)20/h2-9H,1H3. The second-order valence-electron chi connectivity index (χ2n) is 4.66. The molecular formula is C17H11FO3. The number of allylic oxidation sites excluding steroid dienone is 1. The summed E-state index contributed by atoms with van der Waals surface area (Å²) >= 11 is 0. The number of halogens is 1. The topological polar surface area (TPSA) is 43.4 Å². The molecular weight excluding hydrogens is 271 g/mol. The third kappa shape index (κ3) is 2.14. The molecule has 21 heavy (non-hydrogen) atoms. The first-order valence-corrected chi connectivity index (χ1v) is 6.35. The highest BCUT2D eigenvalue weighted by atomic mass is 19.1. The molecule has 1 aliphatic rings. The van der Waals surface area contributed by atoms with E-state index in [0.717, 1.165) is 0 Å². The van der Waals surface area contributed by atoms with E-state index in [-0.39, 0.29) is 22.9 Å². The number of Topliss-reactive ketones (excluding diaryl/α,β-unsaturated/α-hetero) is 2. The van der Waals surface area contributed by atoms with Crippen molar-refractivity contribution in [2.24, 2.45) is 0 Å². The number of ketones is 2. The molecule has 4 heteroatoms. The summed E-state index contributed by atoms with van der Waals surface area (Å²) in [4.78, 5) is 24.4. The summed E-state index contributed by atoms with van der Waals surface area (Å²) in [6.07, 6.45) is 1.41. The second-order valence-corrected chi connectivity index (χ2v) is 4.66. The molecule has 0 radical (unpaired) electrons. The van der Waals surface area contributed by atoms with Gasteiger partial charge in [-0.3, -0.25) is 9.59 Å². The molecule has 2 aromatic rings. The van der Waals surface area contributed by atoms with E-state index < -0.39 is 5.82 Å². The predicted octanol–water partition coefficient (Wildman–Crippen LogP) is 3.30. The van der Waals surface area contributed by atoms with Crippen LogP contribution in [0.2, 0.25) is 0 Å². The van der Waals surface area contributed by atoms with Crippen LogP contribution in [0.25, 0.3) is 6.08 Å². The summed E-state index contributed by atoms with van der Waals surface area (Å²) in [7, 11) is 1.37. The fraction of sp³-hybridized carbons (Fsp3) is 0.0588. The molecule has 0 unspecified atom stereocenters. The molecule has 0 atom stereocenters. The van der Waals surface area contributed by atoms with E-state index >= 15 is 0 Å². The van der Waals surface area contributed by atoms with Crippen molar-refractivity contribution < 1.29 is 18.7 Å². The molecule has 104 valence electrons. The van der Waals surface area contributed by atoms with Crippen LogP contribution < -0.4 is 4.74 Å². The van der Waals surface area contributed by atoms with E-state index in [1.807, 2.05) is 0 Å². The van der Waals surface area contributed by atoms with Crippen LogP contribution in [0.15, 0.2) is 48.0 Å². The second kappa shape index (κ2) is 4.98. The van der Waals surface area contributed by atoms with E-state index in [4.69, 9.17) is 4.74 Å². The summed E-state index contributed by atoms with van der Waals surface area (Å²) in [5.74, 6) is -1.08. The molecule has 0 saturated carbocycles. The van der Waals surface area contributed by atoms with Gasteiger partial charge < -0.3 is 4.74 Å². The van der Waals surface area contributed by atoms with E-state index in [2.05, 4.69) is 0 Å². The first-order chi connectivity index (χ1) is 10.1. The monoisotopic (exact) mass is 282 g/mol. The highest BCUT2D eigenvalue weighted by Gasteiger charge is 2.32. The van der Waals surface area contributed by atoms with Crippen molar-refractivity contribution in [2.45, 2.75) is 0 Å². The lowest BCUT2D eigenvalue weighted by atomic mass is 10.1. The summed E-state index contributed by atoms with van der Waals surface area (Å²) in [6, 6.07) is 10.9. The molecule has 3 nitrogen and oxygen atoms in total. The summed E-state index contributed by atoms with van der Waals surface area (Å²) in [5.41, 5.74) is 1.28. The van der Waals surface area contributed by atoms with Crippen molar-refractivity contribution in [3.05, 3.63) is 70.5 Å². The molecule has 0 N–H and O–H groups in total. The molecule has 2 aromatic carbocycles. The maximum absolute atomic E-state index is 13.7. The molecule has 3 rings (SSSR count). The molecule has 0 amide bonds. The van der Waals surface area contributed by atoms with Crippen LogP contribution in [0.1, 0.15) is 26.3 Å². The lowest BCUT2D eigenvalue weighted by Crippen LogP contribution is -2.00. The highest BCUT2D eigenvalue weighted by Crippen LogP contribution is 2.28. The fourth-order valence-electron chi connectivity index (χ4n) is 2.34. The van der Waals surface area contributed by atoms with Crippen LogP contribution >= 0.6 is 0 Å². The number of hydrogen-bond acceptors (Lipinski definition) is 3. The molecule has 0 heterocycles. The Labute approximate surface area is 120 Å². The Balaban J connectivity index is 2.04. The van der Waals surface area contributed by atoms with Gasteiger partial charge in [-0.05, 0) is 23.8 Å². The van der Waals surface area contributed by atoms with Gasteiger partial charge in [0.25, 0.3) is 0 Å². The molecule has 0 spiro atoms. The number of ether oxygens (including phenoxy) is 1. The number of benzene rings is 2. The van der Waals surface area contributed by atoms with E-state index in [1.54, 1.807) is 30.3 Å². The maximum Gasteiger partial charge on any atom is 0.197 e. The van der Waals surface area contributed by atoms with Gasteiger partial charge >= 0.3 is 0 Å². The summed E-state index contributed by atoms with van der Waals surface area (Å²) in [5, 5.41) is 0. The van der Waals surface area contributed by atoms with Crippen molar-refractivity contribution in [1.82, 2.24) is 0 Å².